The van der Waals surface area contributed by atoms with Gasteiger partial charge in [0, 0.05) is 18.2 Å². The Bertz CT molecular complexity index is 820. The molecule has 1 amide bonds. The van der Waals surface area contributed by atoms with Crippen molar-refractivity contribution in [1.29, 1.82) is 0 Å². The fraction of sp³-hybridized carbons (Fsp3) is 0.381. The normalized spacial score (nSPS) is 14.0. The zero-order valence-corrected chi connectivity index (χ0v) is 16.2. The van der Waals surface area contributed by atoms with E-state index in [0.717, 1.165) is 16.7 Å². The van der Waals surface area contributed by atoms with Crippen LogP contribution in [-0.2, 0) is 11.3 Å². The van der Waals surface area contributed by atoms with E-state index >= 15 is 0 Å². The van der Waals surface area contributed by atoms with Crippen LogP contribution in [0.5, 0.6) is 17.2 Å². The maximum Gasteiger partial charge on any atom is 0.242 e. The number of nitrogens with zero attached hydrogens (tertiary/aromatic N) is 1. The van der Waals surface area contributed by atoms with Crippen LogP contribution in [0.2, 0.25) is 0 Å². The zero-order chi connectivity index (χ0) is 19.4. The first kappa shape index (κ1) is 19.0. The number of ether oxygens (including phenoxy) is 3. The largest absolute Gasteiger partial charge is 0.496 e. The first-order valence-corrected chi connectivity index (χ1v) is 8.97. The number of nitrogens with one attached hydrogen (secondary N) is 1. The molecule has 0 saturated carbocycles. The second-order valence-electron chi connectivity index (χ2n) is 6.81. The maximum atomic E-state index is 12.9. The van der Waals surface area contributed by atoms with Crippen molar-refractivity contribution in [3.05, 3.63) is 53.1 Å². The van der Waals surface area contributed by atoms with E-state index in [1.165, 1.54) is 0 Å². The van der Waals surface area contributed by atoms with Crippen LogP contribution >= 0.6 is 0 Å². The van der Waals surface area contributed by atoms with Crippen LogP contribution in [0.4, 0.5) is 0 Å². The maximum absolute atomic E-state index is 12.9. The fourth-order valence-corrected chi connectivity index (χ4v) is 3.24. The van der Waals surface area contributed by atoms with Gasteiger partial charge in [0.05, 0.1) is 7.11 Å². The molecule has 1 aliphatic heterocycles. The number of hydrogen-bond donors (Lipinski definition) is 1. The van der Waals surface area contributed by atoms with Gasteiger partial charge in [-0.05, 0) is 32.6 Å². The SMILES string of the molecule is COc1cc2c(cc1CNC(=O)[C@H](c1cccc(C)c1)N(C)C)OCCO2. The van der Waals surface area contributed by atoms with Crippen molar-refractivity contribution in [2.24, 2.45) is 0 Å². The Morgan fingerprint density at radius 1 is 1.19 bits per heavy atom. The van der Waals surface area contributed by atoms with Crippen LogP contribution in [0, 0.1) is 6.92 Å². The summed E-state index contributed by atoms with van der Waals surface area (Å²) in [7, 11) is 5.40. The van der Waals surface area contributed by atoms with Gasteiger partial charge in [-0.3, -0.25) is 9.69 Å². The van der Waals surface area contributed by atoms with Gasteiger partial charge >= 0.3 is 0 Å². The molecular weight excluding hydrogens is 344 g/mol. The highest BCUT2D eigenvalue weighted by Crippen LogP contribution is 2.36. The van der Waals surface area contributed by atoms with Crippen molar-refractivity contribution in [2.75, 3.05) is 34.4 Å². The van der Waals surface area contributed by atoms with Gasteiger partial charge in [0.1, 0.15) is 25.0 Å². The summed E-state index contributed by atoms with van der Waals surface area (Å²) in [6, 6.07) is 11.3. The Hall–Kier alpha value is -2.73. The lowest BCUT2D eigenvalue weighted by molar-refractivity contribution is -0.125. The van der Waals surface area contributed by atoms with Crippen molar-refractivity contribution in [3.63, 3.8) is 0 Å². The first-order valence-electron chi connectivity index (χ1n) is 8.97. The number of aryl methyl sites for hydroxylation is 1. The predicted octanol–water partition coefficient (Wildman–Crippen LogP) is 2.69. The molecule has 0 bridgehead atoms. The molecule has 27 heavy (non-hydrogen) atoms. The van der Waals surface area contributed by atoms with Crippen LogP contribution < -0.4 is 19.5 Å². The lowest BCUT2D eigenvalue weighted by Gasteiger charge is -2.25. The number of methoxy groups -OCH3 is 1. The minimum absolute atomic E-state index is 0.0671. The molecule has 144 valence electrons. The minimum atomic E-state index is -0.367. The Kier molecular flexibility index (Phi) is 5.86. The molecular formula is C21H26N2O4. The van der Waals surface area contributed by atoms with E-state index in [-0.39, 0.29) is 11.9 Å². The van der Waals surface area contributed by atoms with Gasteiger partial charge in [0.2, 0.25) is 5.91 Å². The second-order valence-corrected chi connectivity index (χ2v) is 6.81. The lowest BCUT2D eigenvalue weighted by atomic mass is 10.0. The molecule has 1 atom stereocenters. The molecule has 3 rings (SSSR count). The zero-order valence-electron chi connectivity index (χ0n) is 16.2. The average Bonchev–Trinajstić information content (AvgIpc) is 2.65. The lowest BCUT2D eigenvalue weighted by Crippen LogP contribution is -2.36. The molecule has 6 nitrogen and oxygen atoms in total. The van der Waals surface area contributed by atoms with E-state index in [4.69, 9.17) is 14.2 Å². The molecule has 1 heterocycles. The van der Waals surface area contributed by atoms with Gasteiger partial charge < -0.3 is 19.5 Å². The van der Waals surface area contributed by atoms with Crippen LogP contribution in [0.25, 0.3) is 0 Å². The second kappa shape index (κ2) is 8.31. The van der Waals surface area contributed by atoms with Gasteiger partial charge in [-0.15, -0.1) is 0 Å². The molecule has 2 aromatic rings. The first-order chi connectivity index (χ1) is 13.0. The molecule has 6 heteroatoms. The molecule has 2 aromatic carbocycles. The highest BCUT2D eigenvalue weighted by Gasteiger charge is 2.24. The number of carbonyl (C=O) groups excluding carboxylic acids is 1. The molecule has 0 aromatic heterocycles. The topological polar surface area (TPSA) is 60.0 Å². The molecule has 1 N–H and O–H groups in total. The van der Waals surface area contributed by atoms with Crippen molar-refractivity contribution >= 4 is 5.91 Å². The van der Waals surface area contributed by atoms with Crippen molar-refractivity contribution < 1.29 is 19.0 Å². The standard InChI is InChI=1S/C21H26N2O4/c1-14-6-5-7-15(10-14)20(23(2)3)21(24)22-13-16-11-18-19(12-17(16)25-4)27-9-8-26-18/h5-7,10-12,20H,8-9,13H2,1-4H3,(H,22,24)/t20-/m0/s1. The smallest absolute Gasteiger partial charge is 0.242 e. The highest BCUT2D eigenvalue weighted by molar-refractivity contribution is 5.83. The third-order valence-electron chi connectivity index (χ3n) is 4.52. The summed E-state index contributed by atoms with van der Waals surface area (Å²) in [6.45, 7) is 3.40. The van der Waals surface area contributed by atoms with Crippen LogP contribution in [0.1, 0.15) is 22.7 Å². The molecule has 0 unspecified atom stereocenters. The summed E-state index contributed by atoms with van der Waals surface area (Å²) in [6.07, 6.45) is 0. The summed E-state index contributed by atoms with van der Waals surface area (Å²) >= 11 is 0. The number of rotatable bonds is 6. The number of likely N-dealkylation sites (N-methyl/N-ethyl adjacent to an activating group) is 1. The van der Waals surface area contributed by atoms with Gasteiger partial charge in [-0.2, -0.15) is 0 Å². The van der Waals surface area contributed by atoms with E-state index in [1.54, 1.807) is 13.2 Å². The third kappa shape index (κ3) is 4.34. The molecule has 0 aliphatic carbocycles. The fourth-order valence-electron chi connectivity index (χ4n) is 3.24. The molecule has 0 fully saturated rings. The molecule has 0 radical (unpaired) electrons. The van der Waals surface area contributed by atoms with Gasteiger partial charge in [0.15, 0.2) is 11.5 Å². The number of carbonyl (C=O) groups is 1. The number of amides is 1. The Balaban J connectivity index is 1.77. The summed E-state index contributed by atoms with van der Waals surface area (Å²) < 4.78 is 16.7. The Morgan fingerprint density at radius 3 is 2.52 bits per heavy atom. The Morgan fingerprint density at radius 2 is 1.89 bits per heavy atom. The van der Waals surface area contributed by atoms with E-state index < -0.39 is 0 Å². The number of benzene rings is 2. The monoisotopic (exact) mass is 370 g/mol. The van der Waals surface area contributed by atoms with Crippen LogP contribution in [0.15, 0.2) is 36.4 Å². The van der Waals surface area contributed by atoms with Crippen molar-refractivity contribution in [2.45, 2.75) is 19.5 Å². The van der Waals surface area contributed by atoms with Crippen molar-refractivity contribution in [3.8, 4) is 17.2 Å². The molecule has 0 spiro atoms. The van der Waals surface area contributed by atoms with E-state index in [0.29, 0.717) is 37.0 Å². The number of hydrogen-bond acceptors (Lipinski definition) is 5. The van der Waals surface area contributed by atoms with E-state index in [9.17, 15) is 4.79 Å². The molecule has 1 aliphatic rings. The Labute approximate surface area is 160 Å². The van der Waals surface area contributed by atoms with Crippen LogP contribution in [-0.4, -0.2) is 45.2 Å². The summed E-state index contributed by atoms with van der Waals surface area (Å²) in [5.74, 6) is 1.94. The minimum Gasteiger partial charge on any atom is -0.496 e. The van der Waals surface area contributed by atoms with Gasteiger partial charge in [-0.1, -0.05) is 29.8 Å². The summed E-state index contributed by atoms with van der Waals surface area (Å²) in [4.78, 5) is 14.8. The quantitative estimate of drug-likeness (QED) is 0.847. The van der Waals surface area contributed by atoms with Gasteiger partial charge in [0.25, 0.3) is 0 Å². The predicted molar refractivity (Wildman–Crippen MR) is 103 cm³/mol. The van der Waals surface area contributed by atoms with Crippen molar-refractivity contribution in [1.82, 2.24) is 10.2 Å². The average molecular weight is 370 g/mol. The molecule has 0 saturated heterocycles. The highest BCUT2D eigenvalue weighted by atomic mass is 16.6. The number of fused-ring (bicyclic) bond motifs is 1. The van der Waals surface area contributed by atoms with E-state index in [1.807, 2.05) is 56.3 Å². The summed E-state index contributed by atoms with van der Waals surface area (Å²) in [5, 5.41) is 3.02. The van der Waals surface area contributed by atoms with Gasteiger partial charge in [-0.25, -0.2) is 0 Å². The summed E-state index contributed by atoms with van der Waals surface area (Å²) in [5.41, 5.74) is 2.93. The van der Waals surface area contributed by atoms with Crippen LogP contribution in [0.3, 0.4) is 0 Å². The van der Waals surface area contributed by atoms with E-state index in [2.05, 4.69) is 5.32 Å². The third-order valence-corrected chi connectivity index (χ3v) is 4.52.